The van der Waals surface area contributed by atoms with Gasteiger partial charge in [-0.2, -0.15) is 0 Å². The van der Waals surface area contributed by atoms with E-state index in [-0.39, 0.29) is 19.0 Å². The van der Waals surface area contributed by atoms with Crippen LogP contribution in [0.5, 0.6) is 0 Å². The Bertz CT molecular complexity index is 520. The molecule has 0 unspecified atom stereocenters. The normalized spacial score (nSPS) is 9.15. The molecule has 0 aliphatic rings. The van der Waals surface area contributed by atoms with E-state index in [1.54, 1.807) is 30.3 Å². The summed E-state index contributed by atoms with van der Waals surface area (Å²) >= 11 is 0. The molecule has 0 aromatic heterocycles. The summed E-state index contributed by atoms with van der Waals surface area (Å²) in [7, 11) is 0. The lowest BCUT2D eigenvalue weighted by atomic mass is 10.2. The molecule has 0 radical (unpaired) electrons. The summed E-state index contributed by atoms with van der Waals surface area (Å²) in [5, 5.41) is 4.73. The number of terminal acetylenes is 1. The summed E-state index contributed by atoms with van der Waals surface area (Å²) in [4.78, 5) is 34.0. The molecule has 0 bridgehead atoms. The fraction of sp³-hybridized carbons (Fsp3) is 0.214. The van der Waals surface area contributed by atoms with Crippen molar-refractivity contribution in [3.63, 3.8) is 0 Å². The van der Waals surface area contributed by atoms with Crippen LogP contribution in [0.3, 0.4) is 0 Å². The van der Waals surface area contributed by atoms with Crippen molar-refractivity contribution >= 4 is 17.8 Å². The van der Waals surface area contributed by atoms with Crippen molar-refractivity contribution < 1.29 is 19.1 Å². The smallest absolute Gasteiger partial charge is 0.325 e. The molecule has 0 saturated carbocycles. The van der Waals surface area contributed by atoms with Crippen molar-refractivity contribution in [1.29, 1.82) is 0 Å². The lowest BCUT2D eigenvalue weighted by Crippen LogP contribution is -2.34. The maximum Gasteiger partial charge on any atom is 0.325 e. The summed E-state index contributed by atoms with van der Waals surface area (Å²) in [5.41, 5.74) is 0.437. The predicted octanol–water partition coefficient (Wildman–Crippen LogP) is -0.291. The van der Waals surface area contributed by atoms with Crippen molar-refractivity contribution in [2.45, 2.75) is 0 Å². The van der Waals surface area contributed by atoms with E-state index in [1.165, 1.54) is 0 Å². The quantitative estimate of drug-likeness (QED) is 0.551. The molecule has 0 atom stereocenters. The molecule has 0 saturated heterocycles. The summed E-state index contributed by atoms with van der Waals surface area (Å²) in [5.74, 6) is 0.627. The molecule has 2 amide bonds. The van der Waals surface area contributed by atoms with Crippen LogP contribution in [0.4, 0.5) is 0 Å². The Morgan fingerprint density at radius 2 is 1.85 bits per heavy atom. The first-order chi connectivity index (χ1) is 9.63. The maximum absolute atomic E-state index is 11.6. The number of hydrogen-bond donors (Lipinski definition) is 2. The fourth-order valence-electron chi connectivity index (χ4n) is 1.24. The summed E-state index contributed by atoms with van der Waals surface area (Å²) < 4.78 is 4.65. The highest BCUT2D eigenvalue weighted by Crippen LogP contribution is 1.97. The van der Waals surface area contributed by atoms with Crippen LogP contribution >= 0.6 is 0 Å². The lowest BCUT2D eigenvalue weighted by molar-refractivity contribution is -0.147. The molecule has 6 nitrogen and oxygen atoms in total. The molecular weight excluding hydrogens is 260 g/mol. The van der Waals surface area contributed by atoms with Crippen LogP contribution in [0.1, 0.15) is 10.4 Å². The molecule has 1 aromatic rings. The highest BCUT2D eigenvalue weighted by atomic mass is 16.5. The first-order valence-electron chi connectivity index (χ1n) is 5.82. The molecule has 0 spiro atoms. The number of nitrogens with one attached hydrogen (secondary N) is 2. The Labute approximate surface area is 116 Å². The van der Waals surface area contributed by atoms with Gasteiger partial charge < -0.3 is 15.4 Å². The van der Waals surface area contributed by atoms with E-state index in [4.69, 9.17) is 6.42 Å². The summed E-state index contributed by atoms with van der Waals surface area (Å²) in [6.07, 6.45) is 4.95. The molecule has 1 aromatic carbocycles. The topological polar surface area (TPSA) is 84.5 Å². The van der Waals surface area contributed by atoms with Gasteiger partial charge in [0.15, 0.2) is 6.61 Å². The van der Waals surface area contributed by atoms with Crippen molar-refractivity contribution in [1.82, 2.24) is 10.6 Å². The van der Waals surface area contributed by atoms with Crippen LogP contribution in [0.2, 0.25) is 0 Å². The largest absolute Gasteiger partial charge is 0.454 e. The van der Waals surface area contributed by atoms with Crippen molar-refractivity contribution in [3.8, 4) is 12.3 Å². The molecule has 0 fully saturated rings. The standard InChI is InChI=1S/C14H14N2O4/c1-2-8-15-12(17)10-20-13(18)9-16-14(19)11-6-4-3-5-7-11/h1,3-7H,8-10H2,(H,15,17)(H,16,19). The summed E-state index contributed by atoms with van der Waals surface area (Å²) in [6.45, 7) is -0.668. The van der Waals surface area contributed by atoms with Crippen molar-refractivity contribution in [3.05, 3.63) is 35.9 Å². The van der Waals surface area contributed by atoms with Gasteiger partial charge in [0.25, 0.3) is 11.8 Å². The number of hydrogen-bond acceptors (Lipinski definition) is 4. The van der Waals surface area contributed by atoms with E-state index in [0.717, 1.165) is 0 Å². The molecule has 1 rings (SSSR count). The van der Waals surface area contributed by atoms with Crippen LogP contribution in [-0.2, 0) is 14.3 Å². The lowest BCUT2D eigenvalue weighted by Gasteiger charge is -2.06. The van der Waals surface area contributed by atoms with Crippen molar-refractivity contribution in [2.24, 2.45) is 0 Å². The molecule has 6 heteroatoms. The van der Waals surface area contributed by atoms with E-state index in [9.17, 15) is 14.4 Å². The minimum atomic E-state index is -0.704. The zero-order valence-corrected chi connectivity index (χ0v) is 10.7. The summed E-state index contributed by atoms with van der Waals surface area (Å²) in [6, 6.07) is 8.44. The fourth-order valence-corrected chi connectivity index (χ4v) is 1.24. The van der Waals surface area contributed by atoms with Gasteiger partial charge in [0.2, 0.25) is 0 Å². The number of benzene rings is 1. The number of rotatable bonds is 6. The first-order valence-corrected chi connectivity index (χ1v) is 5.82. The second kappa shape index (κ2) is 8.32. The highest BCUT2D eigenvalue weighted by molar-refractivity contribution is 5.96. The average molecular weight is 274 g/mol. The van der Waals surface area contributed by atoms with Gasteiger partial charge in [-0.25, -0.2) is 0 Å². The zero-order valence-electron chi connectivity index (χ0n) is 10.7. The van der Waals surface area contributed by atoms with Gasteiger partial charge in [0.05, 0.1) is 6.54 Å². The maximum atomic E-state index is 11.6. The Kier molecular flexibility index (Phi) is 6.34. The number of carbonyl (C=O) groups is 3. The predicted molar refractivity (Wildman–Crippen MR) is 71.6 cm³/mol. The monoisotopic (exact) mass is 274 g/mol. The van der Waals surface area contributed by atoms with Crippen LogP contribution in [0.15, 0.2) is 30.3 Å². The van der Waals surface area contributed by atoms with Gasteiger partial charge in [-0.1, -0.05) is 24.1 Å². The molecule has 0 aliphatic carbocycles. The Morgan fingerprint density at radius 1 is 1.15 bits per heavy atom. The molecule has 0 aliphatic heterocycles. The third kappa shape index (κ3) is 5.69. The Morgan fingerprint density at radius 3 is 2.50 bits per heavy atom. The average Bonchev–Trinajstić information content (AvgIpc) is 2.49. The number of amides is 2. The minimum Gasteiger partial charge on any atom is -0.454 e. The van der Waals surface area contributed by atoms with E-state index in [0.29, 0.717) is 5.56 Å². The van der Waals surface area contributed by atoms with Gasteiger partial charge in [0.1, 0.15) is 6.54 Å². The van der Waals surface area contributed by atoms with Crippen LogP contribution in [-0.4, -0.2) is 37.5 Å². The Hall–Kier alpha value is -2.81. The van der Waals surface area contributed by atoms with Gasteiger partial charge >= 0.3 is 5.97 Å². The van der Waals surface area contributed by atoms with Crippen LogP contribution < -0.4 is 10.6 Å². The highest BCUT2D eigenvalue weighted by Gasteiger charge is 2.09. The van der Waals surface area contributed by atoms with Gasteiger partial charge in [-0.05, 0) is 12.1 Å². The van der Waals surface area contributed by atoms with Gasteiger partial charge in [0, 0.05) is 5.56 Å². The second-order valence-electron chi connectivity index (χ2n) is 3.69. The van der Waals surface area contributed by atoms with E-state index in [1.807, 2.05) is 0 Å². The van der Waals surface area contributed by atoms with Crippen molar-refractivity contribution in [2.75, 3.05) is 19.7 Å². The molecular formula is C14H14N2O4. The Balaban J connectivity index is 2.25. The van der Waals surface area contributed by atoms with Gasteiger partial charge in [-0.3, -0.25) is 14.4 Å². The van der Waals surface area contributed by atoms with E-state index in [2.05, 4.69) is 21.3 Å². The zero-order chi connectivity index (χ0) is 14.8. The number of carbonyl (C=O) groups excluding carboxylic acids is 3. The van der Waals surface area contributed by atoms with Crippen LogP contribution in [0.25, 0.3) is 0 Å². The molecule has 104 valence electrons. The SMILES string of the molecule is C#CCNC(=O)COC(=O)CNC(=O)c1ccccc1. The second-order valence-corrected chi connectivity index (χ2v) is 3.69. The van der Waals surface area contributed by atoms with Gasteiger partial charge in [-0.15, -0.1) is 6.42 Å². The minimum absolute atomic E-state index is 0.0706. The number of esters is 1. The third-order valence-corrected chi connectivity index (χ3v) is 2.18. The number of ether oxygens (including phenoxy) is 1. The molecule has 0 heterocycles. The molecule has 2 N–H and O–H groups in total. The third-order valence-electron chi connectivity index (χ3n) is 2.18. The van der Waals surface area contributed by atoms with Crippen LogP contribution in [0, 0.1) is 12.3 Å². The molecule has 20 heavy (non-hydrogen) atoms. The van der Waals surface area contributed by atoms with E-state index < -0.39 is 18.5 Å². The van der Waals surface area contributed by atoms with E-state index >= 15 is 0 Å². The first kappa shape index (κ1) is 15.2.